The average molecular weight is 282 g/mol. The van der Waals surface area contributed by atoms with E-state index in [0.29, 0.717) is 6.54 Å². The number of fused-ring (bicyclic) bond motifs is 1. The third kappa shape index (κ3) is 2.42. The van der Waals surface area contributed by atoms with Gasteiger partial charge in [-0.2, -0.15) is 0 Å². The van der Waals surface area contributed by atoms with Crippen LogP contribution in [0.5, 0.6) is 0 Å². The lowest BCUT2D eigenvalue weighted by Gasteiger charge is -2.29. The minimum Gasteiger partial charge on any atom is -0.378 e. The monoisotopic (exact) mass is 282 g/mol. The molecule has 3 rings (SSSR count). The Morgan fingerprint density at radius 3 is 2.58 bits per heavy atom. The van der Waals surface area contributed by atoms with E-state index in [9.17, 15) is 8.42 Å². The molecule has 2 aliphatic rings. The Morgan fingerprint density at radius 1 is 1.16 bits per heavy atom. The van der Waals surface area contributed by atoms with Crippen LogP contribution in [0.3, 0.4) is 0 Å². The molecule has 1 aromatic carbocycles. The van der Waals surface area contributed by atoms with Crippen molar-refractivity contribution in [3.05, 3.63) is 23.8 Å². The molecule has 0 spiro atoms. The molecule has 0 amide bonds. The summed E-state index contributed by atoms with van der Waals surface area (Å²) in [5.74, 6) is 0. The summed E-state index contributed by atoms with van der Waals surface area (Å²) in [6.07, 6.45) is 2.06. The van der Waals surface area contributed by atoms with E-state index in [4.69, 9.17) is 4.74 Å². The Bertz CT molecular complexity index is 580. The maximum absolute atomic E-state index is 11.8. The number of sulfonamides is 1. The molecule has 1 aromatic rings. The van der Waals surface area contributed by atoms with Crippen LogP contribution in [0.25, 0.3) is 0 Å². The topological polar surface area (TPSA) is 49.9 Å². The third-order valence-corrected chi connectivity index (χ3v) is 4.88. The Hall–Kier alpha value is -1.27. The lowest BCUT2D eigenvalue weighted by molar-refractivity contribution is 0.122. The van der Waals surface area contributed by atoms with E-state index in [1.54, 1.807) is 0 Å². The summed E-state index contributed by atoms with van der Waals surface area (Å²) in [5, 5.41) is 0. The van der Waals surface area contributed by atoms with Gasteiger partial charge in [0.2, 0.25) is 10.0 Å². The highest BCUT2D eigenvalue weighted by atomic mass is 32.2. The lowest BCUT2D eigenvalue weighted by atomic mass is 10.1. The zero-order valence-corrected chi connectivity index (χ0v) is 11.8. The van der Waals surface area contributed by atoms with E-state index in [1.165, 1.54) is 10.6 Å². The molecule has 2 heterocycles. The van der Waals surface area contributed by atoms with Crippen molar-refractivity contribution >= 4 is 21.4 Å². The van der Waals surface area contributed by atoms with E-state index in [-0.39, 0.29) is 0 Å². The lowest BCUT2D eigenvalue weighted by Crippen LogP contribution is -2.36. The highest BCUT2D eigenvalue weighted by molar-refractivity contribution is 7.92. The summed E-state index contributed by atoms with van der Waals surface area (Å²) < 4.78 is 30.4. The molecule has 104 valence electrons. The quantitative estimate of drug-likeness (QED) is 0.807. The molecule has 0 aliphatic carbocycles. The highest BCUT2D eigenvalue weighted by Gasteiger charge is 2.27. The number of morpholine rings is 1. The molecule has 0 aromatic heterocycles. The Kier molecular flexibility index (Phi) is 3.14. The Morgan fingerprint density at radius 2 is 1.89 bits per heavy atom. The first-order valence-electron chi connectivity index (χ1n) is 6.49. The van der Waals surface area contributed by atoms with Gasteiger partial charge in [-0.25, -0.2) is 8.42 Å². The van der Waals surface area contributed by atoms with E-state index < -0.39 is 10.0 Å². The van der Waals surface area contributed by atoms with Crippen molar-refractivity contribution < 1.29 is 13.2 Å². The zero-order valence-electron chi connectivity index (χ0n) is 11.0. The number of rotatable bonds is 2. The van der Waals surface area contributed by atoms with Crippen molar-refractivity contribution in [3.8, 4) is 0 Å². The van der Waals surface area contributed by atoms with Crippen LogP contribution in [0.2, 0.25) is 0 Å². The molecule has 5 nitrogen and oxygen atoms in total. The van der Waals surface area contributed by atoms with E-state index in [2.05, 4.69) is 11.0 Å². The molecule has 19 heavy (non-hydrogen) atoms. The summed E-state index contributed by atoms with van der Waals surface area (Å²) in [5.41, 5.74) is 3.03. The third-order valence-electron chi connectivity index (χ3n) is 3.70. The van der Waals surface area contributed by atoms with Gasteiger partial charge in [-0.05, 0) is 24.1 Å². The van der Waals surface area contributed by atoms with Crippen LogP contribution in [0, 0.1) is 0 Å². The minimum absolute atomic E-state index is 0.556. The van der Waals surface area contributed by atoms with Crippen molar-refractivity contribution in [2.45, 2.75) is 6.42 Å². The number of ether oxygens (including phenoxy) is 1. The predicted molar refractivity (Wildman–Crippen MR) is 75.4 cm³/mol. The normalized spacial score (nSPS) is 19.6. The van der Waals surface area contributed by atoms with Crippen LogP contribution >= 0.6 is 0 Å². The molecule has 0 radical (unpaired) electrons. The summed E-state index contributed by atoms with van der Waals surface area (Å²) >= 11 is 0. The summed E-state index contributed by atoms with van der Waals surface area (Å²) in [6.45, 7) is 3.73. The Balaban J connectivity index is 1.94. The first-order valence-corrected chi connectivity index (χ1v) is 8.34. The summed E-state index contributed by atoms with van der Waals surface area (Å²) in [7, 11) is -3.17. The fraction of sp³-hybridized carbons (Fsp3) is 0.538. The number of anilines is 2. The molecule has 0 N–H and O–H groups in total. The average Bonchev–Trinajstić information content (AvgIpc) is 2.82. The van der Waals surface area contributed by atoms with Gasteiger partial charge in [0.1, 0.15) is 0 Å². The maximum atomic E-state index is 11.8. The number of hydrogen-bond acceptors (Lipinski definition) is 4. The molecular formula is C13H18N2O3S. The van der Waals surface area contributed by atoms with Gasteiger partial charge in [-0.3, -0.25) is 4.31 Å². The van der Waals surface area contributed by atoms with E-state index in [1.807, 2.05) is 12.1 Å². The standard InChI is InChI=1S/C13H18N2O3S/c1-19(16,17)15-5-4-11-2-3-12(10-13(11)15)14-6-8-18-9-7-14/h2-3,10H,4-9H2,1H3. The van der Waals surface area contributed by atoms with Crippen molar-refractivity contribution in [3.63, 3.8) is 0 Å². The van der Waals surface area contributed by atoms with E-state index >= 15 is 0 Å². The second-order valence-corrected chi connectivity index (χ2v) is 6.90. The molecule has 1 fully saturated rings. The van der Waals surface area contributed by atoms with Gasteiger partial charge < -0.3 is 9.64 Å². The van der Waals surface area contributed by atoms with Gasteiger partial charge in [-0.1, -0.05) is 6.07 Å². The second kappa shape index (κ2) is 4.68. The van der Waals surface area contributed by atoms with Crippen LogP contribution in [-0.4, -0.2) is 47.5 Å². The smallest absolute Gasteiger partial charge is 0.232 e. The first kappa shape index (κ1) is 12.7. The molecule has 0 atom stereocenters. The molecule has 6 heteroatoms. The SMILES string of the molecule is CS(=O)(=O)N1CCc2ccc(N3CCOCC3)cc21. The fourth-order valence-corrected chi connectivity index (χ4v) is 3.65. The number of hydrogen-bond donors (Lipinski definition) is 0. The number of nitrogens with zero attached hydrogens (tertiary/aromatic N) is 2. The summed E-state index contributed by atoms with van der Waals surface area (Å²) in [6, 6.07) is 6.12. The second-order valence-electron chi connectivity index (χ2n) is 5.00. The van der Waals surface area contributed by atoms with E-state index in [0.717, 1.165) is 49.7 Å². The van der Waals surface area contributed by atoms with Crippen molar-refractivity contribution in [2.75, 3.05) is 48.3 Å². The van der Waals surface area contributed by atoms with Crippen LogP contribution in [0.15, 0.2) is 18.2 Å². The van der Waals surface area contributed by atoms with Gasteiger partial charge in [0.25, 0.3) is 0 Å². The van der Waals surface area contributed by atoms with Crippen molar-refractivity contribution in [2.24, 2.45) is 0 Å². The fourth-order valence-electron chi connectivity index (χ4n) is 2.70. The minimum atomic E-state index is -3.17. The van der Waals surface area contributed by atoms with Crippen LogP contribution < -0.4 is 9.21 Å². The van der Waals surface area contributed by atoms with Crippen LogP contribution in [-0.2, 0) is 21.2 Å². The molecule has 0 saturated carbocycles. The number of benzene rings is 1. The predicted octanol–water partition coefficient (Wildman–Crippen LogP) is 0.845. The van der Waals surface area contributed by atoms with Crippen molar-refractivity contribution in [1.82, 2.24) is 0 Å². The molecular weight excluding hydrogens is 264 g/mol. The molecule has 0 unspecified atom stereocenters. The largest absolute Gasteiger partial charge is 0.378 e. The van der Waals surface area contributed by atoms with Gasteiger partial charge in [0.05, 0.1) is 25.2 Å². The van der Waals surface area contributed by atoms with Crippen molar-refractivity contribution in [1.29, 1.82) is 0 Å². The van der Waals surface area contributed by atoms with Gasteiger partial charge in [-0.15, -0.1) is 0 Å². The summed E-state index contributed by atoms with van der Waals surface area (Å²) in [4.78, 5) is 2.24. The van der Waals surface area contributed by atoms with Crippen LogP contribution in [0.4, 0.5) is 11.4 Å². The van der Waals surface area contributed by atoms with Gasteiger partial charge >= 0.3 is 0 Å². The highest BCUT2D eigenvalue weighted by Crippen LogP contribution is 2.33. The van der Waals surface area contributed by atoms with Gasteiger partial charge in [0.15, 0.2) is 0 Å². The zero-order chi connectivity index (χ0) is 13.5. The Labute approximate surface area is 113 Å². The first-order chi connectivity index (χ1) is 9.05. The van der Waals surface area contributed by atoms with Crippen LogP contribution in [0.1, 0.15) is 5.56 Å². The maximum Gasteiger partial charge on any atom is 0.232 e. The van der Waals surface area contributed by atoms with Gasteiger partial charge in [0, 0.05) is 25.3 Å². The molecule has 2 aliphatic heterocycles. The molecule has 1 saturated heterocycles. The molecule has 0 bridgehead atoms.